The summed E-state index contributed by atoms with van der Waals surface area (Å²) in [5.74, 6) is -2.78. The molecule has 4 rings (SSSR count). The number of nitrogens with one attached hydrogen (secondary N) is 5. The van der Waals surface area contributed by atoms with Gasteiger partial charge in [0.15, 0.2) is 0 Å². The third-order valence-electron chi connectivity index (χ3n) is 8.65. The molecular weight excluding hydrogens is 646 g/mol. The molecule has 6 amide bonds. The fraction of sp³-hybridized carbons (Fsp3) is 0.486. The van der Waals surface area contributed by atoms with Gasteiger partial charge in [0.25, 0.3) is 0 Å². The second-order valence-electron chi connectivity index (χ2n) is 12.3. The summed E-state index contributed by atoms with van der Waals surface area (Å²) in [6, 6.07) is 8.37. The van der Waals surface area contributed by atoms with Gasteiger partial charge in [0.2, 0.25) is 35.4 Å². The van der Waals surface area contributed by atoms with Crippen LogP contribution in [0.3, 0.4) is 0 Å². The van der Waals surface area contributed by atoms with Crippen molar-refractivity contribution >= 4 is 35.4 Å². The van der Waals surface area contributed by atoms with Crippen LogP contribution in [0.15, 0.2) is 59.2 Å². The molecule has 7 N–H and O–H groups in total. The van der Waals surface area contributed by atoms with Crippen molar-refractivity contribution in [2.45, 2.75) is 63.7 Å². The van der Waals surface area contributed by atoms with Crippen molar-refractivity contribution in [1.29, 1.82) is 0 Å². The zero-order valence-corrected chi connectivity index (χ0v) is 28.3. The van der Waals surface area contributed by atoms with E-state index in [9.17, 15) is 28.8 Å². The maximum atomic E-state index is 13.6. The zero-order chi connectivity index (χ0) is 35.9. The Morgan fingerprint density at radius 3 is 2.52 bits per heavy atom. The predicted octanol–water partition coefficient (Wildman–Crippen LogP) is -0.555. The summed E-state index contributed by atoms with van der Waals surface area (Å²) in [6.07, 6.45) is 4.90. The van der Waals surface area contributed by atoms with Gasteiger partial charge in [-0.3, -0.25) is 28.8 Å². The molecule has 50 heavy (non-hydrogen) atoms. The Labute approximate surface area is 291 Å². The summed E-state index contributed by atoms with van der Waals surface area (Å²) in [5.41, 5.74) is 6.74. The fourth-order valence-corrected chi connectivity index (χ4v) is 5.85. The largest absolute Gasteiger partial charge is 0.469 e. The lowest BCUT2D eigenvalue weighted by Crippen LogP contribution is -2.53. The van der Waals surface area contributed by atoms with Gasteiger partial charge < -0.3 is 46.4 Å². The van der Waals surface area contributed by atoms with Crippen LogP contribution in [-0.4, -0.2) is 97.9 Å². The molecule has 2 aromatic rings. The quantitative estimate of drug-likeness (QED) is 0.195. The molecular formula is C35H47N7O8. The van der Waals surface area contributed by atoms with E-state index in [2.05, 4.69) is 26.6 Å². The number of carbonyl (C=O) groups is 6. The summed E-state index contributed by atoms with van der Waals surface area (Å²) >= 11 is 0. The highest BCUT2D eigenvalue weighted by molar-refractivity contribution is 5.97. The number of nitrogens with two attached hydrogens (primary N) is 1. The highest BCUT2D eigenvalue weighted by Crippen LogP contribution is 2.23. The molecule has 2 bridgehead atoms. The standard InChI is InChI=1S/C35H47N7O8/c1-23-8-9-26-22-42(23)32(45)11-10-30(43)37-14-12-28(34(47)38-15-18-49-17-13-36)40-31(44)19-24-5-2-3-6-25(24)21-39-35(48)29(41-33(26)46)20-27-7-4-16-50-27/h2-7,10-11,16,23,26,28-29H,8-9,12-15,17-22,36H2,1H3,(H,37,43)(H,38,47)(H,39,48)(H,40,44)(H,41,46)/b11-10+/t23-,26-,28+,29+/m1/s1. The van der Waals surface area contributed by atoms with Crippen molar-refractivity contribution < 1.29 is 37.9 Å². The van der Waals surface area contributed by atoms with Gasteiger partial charge in [0, 0.05) is 57.3 Å². The molecule has 0 spiro atoms. The number of ether oxygens (including phenoxy) is 1. The molecule has 2 aliphatic rings. The van der Waals surface area contributed by atoms with Crippen LogP contribution in [-0.2, 0) is 52.9 Å². The number of hydrogen-bond acceptors (Lipinski definition) is 9. The number of nitrogens with zero attached hydrogens (tertiary/aromatic N) is 1. The van der Waals surface area contributed by atoms with Gasteiger partial charge in [0.05, 0.1) is 31.8 Å². The Bertz CT molecular complexity index is 1510. The van der Waals surface area contributed by atoms with Crippen molar-refractivity contribution in [1.82, 2.24) is 31.5 Å². The van der Waals surface area contributed by atoms with Crippen LogP contribution < -0.4 is 32.3 Å². The number of benzene rings is 1. The van der Waals surface area contributed by atoms with E-state index in [1.165, 1.54) is 11.2 Å². The van der Waals surface area contributed by atoms with Crippen molar-refractivity contribution in [2.24, 2.45) is 11.7 Å². The van der Waals surface area contributed by atoms with E-state index in [4.69, 9.17) is 14.9 Å². The minimum absolute atomic E-state index is 0.0313. The van der Waals surface area contributed by atoms with E-state index in [1.807, 2.05) is 6.92 Å². The highest BCUT2D eigenvalue weighted by atomic mass is 16.5. The van der Waals surface area contributed by atoms with Gasteiger partial charge in [-0.25, -0.2) is 0 Å². The smallest absolute Gasteiger partial charge is 0.247 e. The van der Waals surface area contributed by atoms with Crippen molar-refractivity contribution in [3.05, 3.63) is 71.7 Å². The van der Waals surface area contributed by atoms with E-state index >= 15 is 0 Å². The van der Waals surface area contributed by atoms with Crippen molar-refractivity contribution in [3.63, 3.8) is 0 Å². The van der Waals surface area contributed by atoms with Gasteiger partial charge in [-0.1, -0.05) is 24.3 Å². The van der Waals surface area contributed by atoms with E-state index in [-0.39, 0.29) is 64.0 Å². The Morgan fingerprint density at radius 1 is 0.960 bits per heavy atom. The van der Waals surface area contributed by atoms with Gasteiger partial charge >= 0.3 is 0 Å². The normalized spacial score (nSPS) is 23.6. The molecule has 0 radical (unpaired) electrons. The average molecular weight is 694 g/mol. The van der Waals surface area contributed by atoms with Gasteiger partial charge in [0.1, 0.15) is 17.8 Å². The number of hydrogen-bond donors (Lipinski definition) is 6. The number of fused-ring (bicyclic) bond motifs is 3. The first-order chi connectivity index (χ1) is 24.1. The first-order valence-electron chi connectivity index (χ1n) is 16.9. The minimum atomic E-state index is -0.982. The van der Waals surface area contributed by atoms with Crippen LogP contribution in [0.5, 0.6) is 0 Å². The highest BCUT2D eigenvalue weighted by Gasteiger charge is 2.34. The van der Waals surface area contributed by atoms with Crippen LogP contribution >= 0.6 is 0 Å². The topological polar surface area (TPSA) is 214 Å². The number of piperidine rings is 1. The Balaban J connectivity index is 1.56. The van der Waals surface area contributed by atoms with E-state index in [1.54, 1.807) is 36.4 Å². The monoisotopic (exact) mass is 693 g/mol. The molecule has 0 aliphatic carbocycles. The molecule has 3 heterocycles. The molecule has 1 aromatic carbocycles. The van der Waals surface area contributed by atoms with Crippen LogP contribution in [0.2, 0.25) is 0 Å². The second kappa shape index (κ2) is 19.2. The van der Waals surface area contributed by atoms with Gasteiger partial charge in [-0.2, -0.15) is 0 Å². The molecule has 2 aliphatic heterocycles. The fourth-order valence-electron chi connectivity index (χ4n) is 5.85. The summed E-state index contributed by atoms with van der Waals surface area (Å²) in [7, 11) is 0. The summed E-state index contributed by atoms with van der Waals surface area (Å²) in [6.45, 7) is 3.21. The zero-order valence-electron chi connectivity index (χ0n) is 28.3. The molecule has 1 aromatic heterocycles. The number of rotatable bonds is 8. The van der Waals surface area contributed by atoms with E-state index in [0.717, 1.165) is 12.2 Å². The third-order valence-corrected chi connectivity index (χ3v) is 8.65. The molecule has 15 heteroatoms. The number of carbonyl (C=O) groups excluding carboxylic acids is 6. The van der Waals surface area contributed by atoms with Crippen LogP contribution in [0.25, 0.3) is 0 Å². The molecule has 0 unspecified atom stereocenters. The lowest BCUT2D eigenvalue weighted by molar-refractivity contribution is -0.137. The Hall–Kier alpha value is -5.02. The van der Waals surface area contributed by atoms with E-state index in [0.29, 0.717) is 42.9 Å². The average Bonchev–Trinajstić information content (AvgIpc) is 3.62. The maximum absolute atomic E-state index is 13.6. The summed E-state index contributed by atoms with van der Waals surface area (Å²) in [4.78, 5) is 80.7. The molecule has 0 saturated carbocycles. The number of amides is 6. The summed E-state index contributed by atoms with van der Waals surface area (Å²) < 4.78 is 10.8. The molecule has 4 atom stereocenters. The predicted molar refractivity (Wildman–Crippen MR) is 182 cm³/mol. The molecule has 270 valence electrons. The van der Waals surface area contributed by atoms with E-state index < -0.39 is 47.5 Å². The molecule has 15 nitrogen and oxygen atoms in total. The number of furan rings is 1. The van der Waals surface area contributed by atoms with Crippen LogP contribution in [0.1, 0.15) is 43.1 Å². The lowest BCUT2D eigenvalue weighted by atomic mass is 9.92. The van der Waals surface area contributed by atoms with Crippen LogP contribution in [0, 0.1) is 5.92 Å². The first kappa shape index (κ1) is 37.8. The molecule has 1 fully saturated rings. The lowest BCUT2D eigenvalue weighted by Gasteiger charge is -2.37. The van der Waals surface area contributed by atoms with Gasteiger partial charge in [-0.05, 0) is 49.4 Å². The minimum Gasteiger partial charge on any atom is -0.469 e. The van der Waals surface area contributed by atoms with Gasteiger partial charge in [-0.15, -0.1) is 0 Å². The Kier molecular flexibility index (Phi) is 14.5. The van der Waals surface area contributed by atoms with Crippen molar-refractivity contribution in [3.8, 4) is 0 Å². The van der Waals surface area contributed by atoms with Crippen molar-refractivity contribution in [2.75, 3.05) is 39.4 Å². The second-order valence-corrected chi connectivity index (χ2v) is 12.3. The Morgan fingerprint density at radius 2 is 1.76 bits per heavy atom. The first-order valence-corrected chi connectivity index (χ1v) is 16.9. The maximum Gasteiger partial charge on any atom is 0.247 e. The third kappa shape index (κ3) is 11.6. The molecule has 1 saturated heterocycles. The summed E-state index contributed by atoms with van der Waals surface area (Å²) in [5, 5.41) is 13.9. The van der Waals surface area contributed by atoms with Crippen LogP contribution in [0.4, 0.5) is 0 Å². The SMILES string of the molecule is C[C@@H]1CC[C@@H]2CN1C(=O)/C=C/C(=O)NCC[C@@H](C(=O)NCCOCCN)NC(=O)Cc1ccccc1CNC(=O)[C@H](Cc1ccco1)NC2=O.